The Morgan fingerprint density at radius 2 is 1.94 bits per heavy atom. The molecule has 100 valence electrons. The molecule has 1 unspecified atom stereocenters. The Morgan fingerprint density at radius 1 is 1.28 bits per heavy atom. The van der Waals surface area contributed by atoms with Crippen LogP contribution in [-0.4, -0.2) is 21.7 Å². The van der Waals surface area contributed by atoms with E-state index in [9.17, 15) is 4.79 Å². The van der Waals surface area contributed by atoms with Crippen LogP contribution in [0, 0.1) is 0 Å². The van der Waals surface area contributed by atoms with E-state index < -0.39 is 0 Å². The number of rotatable bonds is 3. The normalized spacial score (nSPS) is 19.8. The van der Waals surface area contributed by atoms with E-state index in [1.165, 1.54) is 32.1 Å². The van der Waals surface area contributed by atoms with E-state index in [1.54, 1.807) is 10.9 Å². The maximum absolute atomic E-state index is 12.1. The Balaban J connectivity index is 1.85. The maximum Gasteiger partial charge on any atom is 0.244 e. The highest BCUT2D eigenvalue weighted by Crippen LogP contribution is 2.17. The number of nitrogens with one attached hydrogen (secondary N) is 1. The fourth-order valence-corrected chi connectivity index (χ4v) is 2.55. The number of hydrogen-bond acceptors (Lipinski definition) is 2. The van der Waals surface area contributed by atoms with Gasteiger partial charge in [0.25, 0.3) is 0 Å². The zero-order valence-corrected chi connectivity index (χ0v) is 11.1. The Kier molecular flexibility index (Phi) is 4.79. The van der Waals surface area contributed by atoms with Crippen LogP contribution in [0.1, 0.15) is 57.9 Å². The lowest BCUT2D eigenvalue weighted by Gasteiger charge is -2.23. The average molecular weight is 249 g/mol. The molecule has 1 heterocycles. The van der Waals surface area contributed by atoms with Gasteiger partial charge in [-0.15, -0.1) is 0 Å². The predicted octanol–water partition coefficient (Wildman–Crippen LogP) is 2.67. The van der Waals surface area contributed by atoms with Gasteiger partial charge >= 0.3 is 0 Å². The summed E-state index contributed by atoms with van der Waals surface area (Å²) in [6, 6.07) is 1.99. The van der Waals surface area contributed by atoms with Crippen molar-refractivity contribution >= 4 is 5.91 Å². The summed E-state index contributed by atoms with van der Waals surface area (Å²) >= 11 is 0. The summed E-state index contributed by atoms with van der Waals surface area (Å²) in [6.07, 6.45) is 12.2. The molecule has 0 aromatic carbocycles. The van der Waals surface area contributed by atoms with Gasteiger partial charge in [-0.2, -0.15) is 5.10 Å². The highest BCUT2D eigenvalue weighted by Gasteiger charge is 2.19. The van der Waals surface area contributed by atoms with E-state index in [1.807, 2.05) is 19.2 Å². The van der Waals surface area contributed by atoms with Crippen LogP contribution in [-0.2, 0) is 4.79 Å². The van der Waals surface area contributed by atoms with E-state index in [0.717, 1.165) is 12.8 Å². The van der Waals surface area contributed by atoms with Gasteiger partial charge < -0.3 is 5.32 Å². The molecule has 1 N–H and O–H groups in total. The van der Waals surface area contributed by atoms with Crippen LogP contribution in [0.5, 0.6) is 0 Å². The fourth-order valence-electron chi connectivity index (χ4n) is 2.55. The second kappa shape index (κ2) is 6.57. The quantitative estimate of drug-likeness (QED) is 0.895. The topological polar surface area (TPSA) is 46.9 Å². The number of amides is 1. The zero-order chi connectivity index (χ0) is 12.8. The summed E-state index contributed by atoms with van der Waals surface area (Å²) in [5.74, 6) is 0.0873. The SMILES string of the molecule is CC(C(=O)NC1CCCCCCC1)n1cccn1. The summed E-state index contributed by atoms with van der Waals surface area (Å²) < 4.78 is 1.71. The molecule has 1 amide bonds. The van der Waals surface area contributed by atoms with Crippen LogP contribution in [0.25, 0.3) is 0 Å². The Bertz CT molecular complexity index is 353. The molecule has 18 heavy (non-hydrogen) atoms. The van der Waals surface area contributed by atoms with Crippen molar-refractivity contribution in [2.24, 2.45) is 0 Å². The minimum absolute atomic E-state index is 0.0873. The second-order valence-corrected chi connectivity index (χ2v) is 5.21. The summed E-state index contributed by atoms with van der Waals surface area (Å²) in [5.41, 5.74) is 0. The molecule has 0 spiro atoms. The highest BCUT2D eigenvalue weighted by molar-refractivity contribution is 5.80. The van der Waals surface area contributed by atoms with Crippen LogP contribution in [0.3, 0.4) is 0 Å². The van der Waals surface area contributed by atoms with Crippen molar-refractivity contribution in [1.82, 2.24) is 15.1 Å². The lowest BCUT2D eigenvalue weighted by atomic mass is 9.96. The minimum atomic E-state index is -0.217. The predicted molar refractivity (Wildman–Crippen MR) is 71.2 cm³/mol. The molecule has 2 rings (SSSR count). The molecule has 1 atom stereocenters. The lowest BCUT2D eigenvalue weighted by molar-refractivity contribution is -0.125. The highest BCUT2D eigenvalue weighted by atomic mass is 16.2. The van der Waals surface area contributed by atoms with Gasteiger partial charge in [0.1, 0.15) is 6.04 Å². The van der Waals surface area contributed by atoms with Crippen molar-refractivity contribution < 1.29 is 4.79 Å². The average Bonchev–Trinajstić information content (AvgIpc) is 2.85. The lowest BCUT2D eigenvalue weighted by Crippen LogP contribution is -2.39. The largest absolute Gasteiger partial charge is 0.352 e. The van der Waals surface area contributed by atoms with Crippen molar-refractivity contribution in [3.05, 3.63) is 18.5 Å². The Morgan fingerprint density at radius 3 is 2.56 bits per heavy atom. The van der Waals surface area contributed by atoms with Crippen LogP contribution in [0.2, 0.25) is 0 Å². The zero-order valence-electron chi connectivity index (χ0n) is 11.1. The smallest absolute Gasteiger partial charge is 0.244 e. The Hall–Kier alpha value is -1.32. The molecule has 1 aromatic heterocycles. The number of hydrogen-bond donors (Lipinski definition) is 1. The van der Waals surface area contributed by atoms with Crippen molar-refractivity contribution in [3.63, 3.8) is 0 Å². The maximum atomic E-state index is 12.1. The summed E-state index contributed by atoms with van der Waals surface area (Å²) in [5, 5.41) is 7.29. The third-order valence-electron chi connectivity index (χ3n) is 3.75. The van der Waals surface area contributed by atoms with Gasteiger partial charge in [-0.05, 0) is 25.8 Å². The van der Waals surface area contributed by atoms with Crippen LogP contribution < -0.4 is 5.32 Å². The summed E-state index contributed by atoms with van der Waals surface area (Å²) in [6.45, 7) is 1.89. The molecule has 1 aliphatic carbocycles. The van der Waals surface area contributed by atoms with Crippen molar-refractivity contribution in [2.45, 2.75) is 64.0 Å². The molecule has 1 saturated carbocycles. The fraction of sp³-hybridized carbons (Fsp3) is 0.714. The van der Waals surface area contributed by atoms with Gasteiger partial charge in [-0.25, -0.2) is 0 Å². The van der Waals surface area contributed by atoms with Crippen LogP contribution in [0.4, 0.5) is 0 Å². The van der Waals surface area contributed by atoms with E-state index >= 15 is 0 Å². The molecule has 0 radical (unpaired) electrons. The van der Waals surface area contributed by atoms with Gasteiger partial charge in [0.15, 0.2) is 0 Å². The van der Waals surface area contributed by atoms with E-state index in [4.69, 9.17) is 0 Å². The van der Waals surface area contributed by atoms with Crippen LogP contribution >= 0.6 is 0 Å². The van der Waals surface area contributed by atoms with Gasteiger partial charge in [0, 0.05) is 18.4 Å². The first-order valence-electron chi connectivity index (χ1n) is 7.07. The molecular formula is C14H23N3O. The van der Waals surface area contributed by atoms with E-state index in [0.29, 0.717) is 6.04 Å². The van der Waals surface area contributed by atoms with Gasteiger partial charge in [0.2, 0.25) is 5.91 Å². The molecule has 4 heteroatoms. The molecule has 0 saturated heterocycles. The number of aromatic nitrogens is 2. The summed E-state index contributed by atoms with van der Waals surface area (Å²) in [7, 11) is 0. The third-order valence-corrected chi connectivity index (χ3v) is 3.75. The molecule has 4 nitrogen and oxygen atoms in total. The minimum Gasteiger partial charge on any atom is -0.352 e. The standard InChI is InChI=1S/C14H23N3O/c1-12(17-11-7-10-15-17)14(18)16-13-8-5-3-2-4-6-9-13/h7,10-13H,2-6,8-9H2,1H3,(H,16,18). The molecule has 1 aliphatic rings. The molecular weight excluding hydrogens is 226 g/mol. The number of carbonyl (C=O) groups excluding carboxylic acids is 1. The van der Waals surface area contributed by atoms with E-state index in [2.05, 4.69) is 10.4 Å². The number of carbonyl (C=O) groups is 1. The number of nitrogens with zero attached hydrogens (tertiary/aromatic N) is 2. The van der Waals surface area contributed by atoms with Gasteiger partial charge in [0.05, 0.1) is 0 Å². The summed E-state index contributed by atoms with van der Waals surface area (Å²) in [4.78, 5) is 12.1. The van der Waals surface area contributed by atoms with Crippen LogP contribution in [0.15, 0.2) is 18.5 Å². The van der Waals surface area contributed by atoms with Crippen molar-refractivity contribution in [3.8, 4) is 0 Å². The molecule has 0 bridgehead atoms. The first-order chi connectivity index (χ1) is 8.77. The van der Waals surface area contributed by atoms with Crippen molar-refractivity contribution in [2.75, 3.05) is 0 Å². The molecule has 1 fully saturated rings. The monoisotopic (exact) mass is 249 g/mol. The molecule has 1 aromatic rings. The first-order valence-corrected chi connectivity index (χ1v) is 7.07. The first kappa shape index (κ1) is 13.1. The van der Waals surface area contributed by atoms with E-state index in [-0.39, 0.29) is 11.9 Å². The third kappa shape index (κ3) is 3.59. The van der Waals surface area contributed by atoms with Gasteiger partial charge in [-0.3, -0.25) is 9.48 Å². The van der Waals surface area contributed by atoms with Crippen molar-refractivity contribution in [1.29, 1.82) is 0 Å². The second-order valence-electron chi connectivity index (χ2n) is 5.21. The van der Waals surface area contributed by atoms with Gasteiger partial charge in [-0.1, -0.05) is 32.1 Å². The Labute approximate surface area is 109 Å². The molecule has 0 aliphatic heterocycles.